The fourth-order valence-corrected chi connectivity index (χ4v) is 1.36. The van der Waals surface area contributed by atoms with Gasteiger partial charge in [0.1, 0.15) is 11.6 Å². The largest absolute Gasteiger partial charge is 0.415 e. The van der Waals surface area contributed by atoms with E-state index in [0.717, 1.165) is 18.2 Å². The normalized spacial score (nSPS) is 15.5. The van der Waals surface area contributed by atoms with Gasteiger partial charge in [0.25, 0.3) is 0 Å². The summed E-state index contributed by atoms with van der Waals surface area (Å²) < 4.78 is 62.2. The molecular weight excluding hydrogens is 257 g/mol. The van der Waals surface area contributed by atoms with Gasteiger partial charge in [0.05, 0.1) is 0 Å². The van der Waals surface area contributed by atoms with Crippen molar-refractivity contribution in [1.29, 1.82) is 0 Å². The van der Waals surface area contributed by atoms with Gasteiger partial charge in [-0.05, 0) is 25.1 Å². The van der Waals surface area contributed by atoms with Crippen LogP contribution in [0.15, 0.2) is 18.2 Å². The van der Waals surface area contributed by atoms with Crippen LogP contribution in [-0.4, -0.2) is 23.9 Å². The Balaban J connectivity index is 2.66. The zero-order valence-electron chi connectivity index (χ0n) is 9.43. The standard InChI is InChI=1S/C11H12F5NO/c1-6(17-5-10(18)11(14,15)16)8-4-7(12)2-3-9(8)13/h2-4,6,10,17-18H,5H2,1H3. The van der Waals surface area contributed by atoms with Gasteiger partial charge in [0.2, 0.25) is 0 Å². The highest BCUT2D eigenvalue weighted by Gasteiger charge is 2.38. The molecule has 2 unspecified atom stereocenters. The summed E-state index contributed by atoms with van der Waals surface area (Å²) in [6, 6.07) is 1.85. The second-order valence-corrected chi connectivity index (χ2v) is 3.85. The van der Waals surface area contributed by atoms with E-state index in [9.17, 15) is 22.0 Å². The minimum Gasteiger partial charge on any atom is -0.382 e. The summed E-state index contributed by atoms with van der Waals surface area (Å²) in [4.78, 5) is 0. The van der Waals surface area contributed by atoms with Gasteiger partial charge < -0.3 is 10.4 Å². The number of benzene rings is 1. The van der Waals surface area contributed by atoms with E-state index in [1.165, 1.54) is 6.92 Å². The topological polar surface area (TPSA) is 32.3 Å². The number of aliphatic hydroxyl groups is 1. The molecule has 1 aromatic rings. The number of nitrogens with one attached hydrogen (secondary N) is 1. The predicted molar refractivity (Wildman–Crippen MR) is 54.8 cm³/mol. The molecule has 1 aromatic carbocycles. The highest BCUT2D eigenvalue weighted by Crippen LogP contribution is 2.21. The summed E-state index contributed by atoms with van der Waals surface area (Å²) >= 11 is 0. The monoisotopic (exact) mass is 269 g/mol. The van der Waals surface area contributed by atoms with Gasteiger partial charge in [0, 0.05) is 18.2 Å². The summed E-state index contributed by atoms with van der Waals surface area (Å²) in [6.45, 7) is 0.585. The molecular formula is C11H12F5NO. The predicted octanol–water partition coefficient (Wildman–Crippen LogP) is 2.54. The van der Waals surface area contributed by atoms with E-state index < -0.39 is 36.5 Å². The van der Waals surface area contributed by atoms with Gasteiger partial charge in [-0.1, -0.05) is 0 Å². The molecule has 0 aliphatic rings. The molecule has 102 valence electrons. The van der Waals surface area contributed by atoms with Crippen molar-refractivity contribution in [3.8, 4) is 0 Å². The molecule has 0 aliphatic heterocycles. The Labute approximate surface area is 100 Å². The SMILES string of the molecule is CC(NCC(O)C(F)(F)F)c1cc(F)ccc1F. The number of hydrogen-bond donors (Lipinski definition) is 2. The lowest BCUT2D eigenvalue weighted by Crippen LogP contribution is -2.39. The first-order chi connectivity index (χ1) is 8.21. The Morgan fingerprint density at radius 3 is 2.44 bits per heavy atom. The maximum Gasteiger partial charge on any atom is 0.415 e. The molecule has 0 saturated heterocycles. The number of halogens is 5. The molecule has 0 spiro atoms. The van der Waals surface area contributed by atoms with Gasteiger partial charge in [-0.2, -0.15) is 13.2 Å². The van der Waals surface area contributed by atoms with Crippen molar-refractivity contribution in [2.75, 3.05) is 6.54 Å². The van der Waals surface area contributed by atoms with Crippen LogP contribution in [0.5, 0.6) is 0 Å². The first-order valence-corrected chi connectivity index (χ1v) is 5.15. The average molecular weight is 269 g/mol. The smallest absolute Gasteiger partial charge is 0.382 e. The van der Waals surface area contributed by atoms with Crippen LogP contribution in [0, 0.1) is 11.6 Å². The Morgan fingerprint density at radius 1 is 1.28 bits per heavy atom. The van der Waals surface area contributed by atoms with E-state index in [0.29, 0.717) is 0 Å². The molecule has 1 rings (SSSR count). The molecule has 0 aromatic heterocycles. The number of rotatable bonds is 4. The average Bonchev–Trinajstić information content (AvgIpc) is 2.27. The van der Waals surface area contributed by atoms with E-state index in [1.807, 2.05) is 0 Å². The van der Waals surface area contributed by atoms with Gasteiger partial charge in [-0.3, -0.25) is 0 Å². The number of hydrogen-bond acceptors (Lipinski definition) is 2. The minimum atomic E-state index is -4.74. The van der Waals surface area contributed by atoms with Gasteiger partial charge in [-0.15, -0.1) is 0 Å². The van der Waals surface area contributed by atoms with E-state index in [1.54, 1.807) is 0 Å². The first-order valence-electron chi connectivity index (χ1n) is 5.15. The summed E-state index contributed by atoms with van der Waals surface area (Å²) in [5.74, 6) is -1.41. The molecule has 18 heavy (non-hydrogen) atoms. The zero-order valence-corrected chi connectivity index (χ0v) is 9.43. The highest BCUT2D eigenvalue weighted by atomic mass is 19.4. The van der Waals surface area contributed by atoms with Gasteiger partial charge >= 0.3 is 6.18 Å². The highest BCUT2D eigenvalue weighted by molar-refractivity contribution is 5.21. The Morgan fingerprint density at radius 2 is 1.89 bits per heavy atom. The van der Waals surface area contributed by atoms with Crippen LogP contribution in [0.3, 0.4) is 0 Å². The quantitative estimate of drug-likeness (QED) is 0.823. The summed E-state index contributed by atoms with van der Waals surface area (Å²) in [6.07, 6.45) is -7.29. The zero-order chi connectivity index (χ0) is 13.9. The molecule has 0 heterocycles. The molecule has 0 amide bonds. The van der Waals surface area contributed by atoms with Crippen molar-refractivity contribution in [1.82, 2.24) is 5.32 Å². The van der Waals surface area contributed by atoms with Crippen LogP contribution in [0.4, 0.5) is 22.0 Å². The lowest BCUT2D eigenvalue weighted by molar-refractivity contribution is -0.202. The summed E-state index contributed by atoms with van der Waals surface area (Å²) in [7, 11) is 0. The molecule has 0 bridgehead atoms. The Kier molecular flexibility index (Phi) is 4.64. The first kappa shape index (κ1) is 14.8. The lowest BCUT2D eigenvalue weighted by atomic mass is 10.1. The second-order valence-electron chi connectivity index (χ2n) is 3.85. The number of aliphatic hydroxyl groups excluding tert-OH is 1. The van der Waals surface area contributed by atoms with Crippen LogP contribution < -0.4 is 5.32 Å². The Hall–Kier alpha value is -1.21. The Bertz CT molecular complexity index is 407. The molecule has 7 heteroatoms. The van der Waals surface area contributed by atoms with Crippen LogP contribution in [0.2, 0.25) is 0 Å². The van der Waals surface area contributed by atoms with Crippen molar-refractivity contribution < 1.29 is 27.1 Å². The van der Waals surface area contributed by atoms with Crippen molar-refractivity contribution >= 4 is 0 Å². The fraction of sp³-hybridized carbons (Fsp3) is 0.455. The maximum absolute atomic E-state index is 13.3. The fourth-order valence-electron chi connectivity index (χ4n) is 1.36. The third kappa shape index (κ3) is 3.92. The molecule has 0 saturated carbocycles. The summed E-state index contributed by atoms with van der Waals surface area (Å²) in [5, 5.41) is 11.0. The van der Waals surface area contributed by atoms with Crippen molar-refractivity contribution in [3.05, 3.63) is 35.4 Å². The van der Waals surface area contributed by atoms with Crippen LogP contribution in [-0.2, 0) is 0 Å². The van der Waals surface area contributed by atoms with Gasteiger partial charge in [0.15, 0.2) is 6.10 Å². The van der Waals surface area contributed by atoms with Gasteiger partial charge in [-0.25, -0.2) is 8.78 Å². The van der Waals surface area contributed by atoms with Crippen LogP contribution in [0.1, 0.15) is 18.5 Å². The van der Waals surface area contributed by atoms with E-state index >= 15 is 0 Å². The molecule has 2 nitrogen and oxygen atoms in total. The van der Waals surface area contributed by atoms with Crippen LogP contribution >= 0.6 is 0 Å². The van der Waals surface area contributed by atoms with Crippen molar-refractivity contribution in [3.63, 3.8) is 0 Å². The molecule has 0 radical (unpaired) electrons. The molecule has 0 aliphatic carbocycles. The minimum absolute atomic E-state index is 0.0932. The van der Waals surface area contributed by atoms with Crippen LogP contribution in [0.25, 0.3) is 0 Å². The van der Waals surface area contributed by atoms with Crippen molar-refractivity contribution in [2.45, 2.75) is 25.2 Å². The maximum atomic E-state index is 13.3. The third-order valence-corrected chi connectivity index (χ3v) is 2.42. The molecule has 2 N–H and O–H groups in total. The van der Waals surface area contributed by atoms with E-state index in [4.69, 9.17) is 5.11 Å². The number of alkyl halides is 3. The second kappa shape index (κ2) is 5.62. The van der Waals surface area contributed by atoms with E-state index in [2.05, 4.69) is 5.32 Å². The molecule has 2 atom stereocenters. The van der Waals surface area contributed by atoms with E-state index in [-0.39, 0.29) is 5.56 Å². The molecule has 0 fully saturated rings. The lowest BCUT2D eigenvalue weighted by Gasteiger charge is -2.19. The third-order valence-electron chi connectivity index (χ3n) is 2.42. The summed E-state index contributed by atoms with van der Waals surface area (Å²) in [5.41, 5.74) is -0.0932. The van der Waals surface area contributed by atoms with Crippen molar-refractivity contribution in [2.24, 2.45) is 0 Å².